The van der Waals surface area contributed by atoms with Gasteiger partial charge in [-0.3, -0.25) is 19.3 Å². The minimum atomic E-state index is -0.144. The lowest BCUT2D eigenvalue weighted by molar-refractivity contribution is -0.126. The molecule has 0 atom stereocenters. The Balaban J connectivity index is 1.70. The number of amides is 3. The van der Waals surface area contributed by atoms with Crippen molar-refractivity contribution in [1.29, 1.82) is 0 Å². The lowest BCUT2D eigenvalue weighted by atomic mass is 9.97. The molecular formula is C18H22N2O3S. The van der Waals surface area contributed by atoms with Crippen LogP contribution >= 0.6 is 11.8 Å². The summed E-state index contributed by atoms with van der Waals surface area (Å²) < 4.78 is 0. The van der Waals surface area contributed by atoms with Gasteiger partial charge in [-0.25, -0.2) is 0 Å². The summed E-state index contributed by atoms with van der Waals surface area (Å²) in [5.41, 5.74) is 3.94. The van der Waals surface area contributed by atoms with E-state index in [0.717, 1.165) is 34.0 Å². The van der Waals surface area contributed by atoms with Crippen LogP contribution in [0.2, 0.25) is 0 Å². The third-order valence-corrected chi connectivity index (χ3v) is 5.63. The summed E-state index contributed by atoms with van der Waals surface area (Å²) in [5.74, 6) is 0.205. The number of rotatable bonds is 2. The largest absolute Gasteiger partial charge is 0.338 e. The second kappa shape index (κ2) is 6.59. The van der Waals surface area contributed by atoms with Crippen molar-refractivity contribution < 1.29 is 14.4 Å². The SMILES string of the molecule is Cc1cc(C)c(C(=O)N2CCC(N3C(=O)CSC3=O)CC2)c(C)c1. The molecule has 3 amide bonds. The highest BCUT2D eigenvalue weighted by molar-refractivity contribution is 8.14. The van der Waals surface area contributed by atoms with Crippen molar-refractivity contribution in [2.24, 2.45) is 0 Å². The Kier molecular flexibility index (Phi) is 4.67. The van der Waals surface area contributed by atoms with Crippen LogP contribution in [0.5, 0.6) is 0 Å². The highest BCUT2D eigenvalue weighted by Gasteiger charge is 2.38. The third-order valence-electron chi connectivity index (χ3n) is 4.79. The van der Waals surface area contributed by atoms with E-state index >= 15 is 0 Å². The molecule has 0 spiro atoms. The lowest BCUT2D eigenvalue weighted by Crippen LogP contribution is -2.48. The summed E-state index contributed by atoms with van der Waals surface area (Å²) in [4.78, 5) is 39.8. The first kappa shape index (κ1) is 17.0. The smallest absolute Gasteiger partial charge is 0.289 e. The van der Waals surface area contributed by atoms with E-state index in [1.54, 1.807) is 0 Å². The standard InChI is InChI=1S/C18H22N2O3S/c1-11-8-12(2)16(13(3)9-11)17(22)19-6-4-14(5-7-19)20-15(21)10-24-18(20)23/h8-9,14H,4-7,10H2,1-3H3. The summed E-state index contributed by atoms with van der Waals surface area (Å²) in [6.07, 6.45) is 1.32. The summed E-state index contributed by atoms with van der Waals surface area (Å²) in [6, 6.07) is 4.00. The third kappa shape index (κ3) is 3.07. The van der Waals surface area contributed by atoms with Crippen molar-refractivity contribution in [1.82, 2.24) is 9.80 Å². The van der Waals surface area contributed by atoms with E-state index < -0.39 is 0 Å². The van der Waals surface area contributed by atoms with Crippen molar-refractivity contribution in [3.8, 4) is 0 Å². The van der Waals surface area contributed by atoms with Crippen LogP contribution in [0.3, 0.4) is 0 Å². The summed E-state index contributed by atoms with van der Waals surface area (Å²) in [7, 11) is 0. The maximum atomic E-state index is 12.9. The van der Waals surface area contributed by atoms with Crippen molar-refractivity contribution in [3.05, 3.63) is 34.4 Å². The maximum absolute atomic E-state index is 12.9. The zero-order chi connectivity index (χ0) is 17.4. The molecular weight excluding hydrogens is 324 g/mol. The predicted molar refractivity (Wildman–Crippen MR) is 94.3 cm³/mol. The van der Waals surface area contributed by atoms with E-state index in [2.05, 4.69) is 0 Å². The van der Waals surface area contributed by atoms with E-state index in [1.807, 2.05) is 37.8 Å². The molecule has 128 valence electrons. The highest BCUT2D eigenvalue weighted by atomic mass is 32.2. The Morgan fingerprint density at radius 2 is 1.67 bits per heavy atom. The molecule has 6 heteroatoms. The number of carbonyl (C=O) groups is 3. The minimum Gasteiger partial charge on any atom is -0.338 e. The van der Waals surface area contributed by atoms with E-state index in [-0.39, 0.29) is 28.8 Å². The van der Waals surface area contributed by atoms with Crippen LogP contribution in [0.1, 0.15) is 39.9 Å². The monoisotopic (exact) mass is 346 g/mol. The molecule has 24 heavy (non-hydrogen) atoms. The molecule has 0 unspecified atom stereocenters. The topological polar surface area (TPSA) is 57.7 Å². The van der Waals surface area contributed by atoms with Crippen molar-refractivity contribution in [2.75, 3.05) is 18.8 Å². The lowest BCUT2D eigenvalue weighted by Gasteiger charge is -2.35. The molecule has 0 aromatic heterocycles. The fourth-order valence-corrected chi connectivity index (χ4v) is 4.50. The summed E-state index contributed by atoms with van der Waals surface area (Å²) in [6.45, 7) is 7.13. The van der Waals surface area contributed by atoms with Crippen molar-refractivity contribution in [3.63, 3.8) is 0 Å². The number of piperidine rings is 1. The molecule has 2 saturated heterocycles. The second-order valence-electron chi connectivity index (χ2n) is 6.62. The molecule has 0 N–H and O–H groups in total. The van der Waals surface area contributed by atoms with Crippen LogP contribution in [0, 0.1) is 20.8 Å². The molecule has 5 nitrogen and oxygen atoms in total. The Bertz CT molecular complexity index is 669. The van der Waals surface area contributed by atoms with Gasteiger partial charge in [0, 0.05) is 24.7 Å². The maximum Gasteiger partial charge on any atom is 0.289 e. The van der Waals surface area contributed by atoms with Crippen LogP contribution in [-0.4, -0.2) is 51.7 Å². The average Bonchev–Trinajstić information content (AvgIpc) is 2.85. The molecule has 1 aromatic carbocycles. The fraction of sp³-hybridized carbons (Fsp3) is 0.500. The molecule has 0 radical (unpaired) electrons. The van der Waals surface area contributed by atoms with E-state index in [4.69, 9.17) is 0 Å². The Morgan fingerprint density at radius 3 is 2.17 bits per heavy atom. The first-order valence-corrected chi connectivity index (χ1v) is 9.23. The van der Waals surface area contributed by atoms with Crippen LogP contribution in [-0.2, 0) is 4.79 Å². The van der Waals surface area contributed by atoms with Gasteiger partial charge in [0.05, 0.1) is 5.75 Å². The zero-order valence-corrected chi connectivity index (χ0v) is 15.1. The molecule has 0 aliphatic carbocycles. The fourth-order valence-electron chi connectivity index (χ4n) is 3.72. The number of hydrogen-bond acceptors (Lipinski definition) is 4. The van der Waals surface area contributed by atoms with Crippen LogP contribution in [0.25, 0.3) is 0 Å². The van der Waals surface area contributed by atoms with Crippen molar-refractivity contribution >= 4 is 28.8 Å². The van der Waals surface area contributed by atoms with Gasteiger partial charge in [-0.15, -0.1) is 0 Å². The quantitative estimate of drug-likeness (QED) is 0.826. The Morgan fingerprint density at radius 1 is 1.08 bits per heavy atom. The van der Waals surface area contributed by atoms with Gasteiger partial charge >= 0.3 is 0 Å². The van der Waals surface area contributed by atoms with E-state index in [0.29, 0.717) is 25.9 Å². The molecule has 2 aliphatic rings. The molecule has 2 fully saturated rings. The zero-order valence-electron chi connectivity index (χ0n) is 14.3. The predicted octanol–water partition coefficient (Wildman–Crippen LogP) is 2.91. The van der Waals surface area contributed by atoms with Gasteiger partial charge in [-0.1, -0.05) is 29.5 Å². The Labute approximate surface area is 146 Å². The summed E-state index contributed by atoms with van der Waals surface area (Å²) in [5, 5.41) is -0.144. The van der Waals surface area contributed by atoms with Gasteiger partial charge in [-0.05, 0) is 44.7 Å². The average molecular weight is 346 g/mol. The van der Waals surface area contributed by atoms with Gasteiger partial charge in [0.2, 0.25) is 5.91 Å². The summed E-state index contributed by atoms with van der Waals surface area (Å²) >= 11 is 1.07. The van der Waals surface area contributed by atoms with Gasteiger partial charge in [0.1, 0.15) is 0 Å². The number of thioether (sulfide) groups is 1. The van der Waals surface area contributed by atoms with Crippen LogP contribution < -0.4 is 0 Å². The van der Waals surface area contributed by atoms with Gasteiger partial charge in [-0.2, -0.15) is 0 Å². The molecule has 2 heterocycles. The van der Waals surface area contributed by atoms with Gasteiger partial charge in [0.25, 0.3) is 11.1 Å². The highest BCUT2D eigenvalue weighted by Crippen LogP contribution is 2.28. The second-order valence-corrected chi connectivity index (χ2v) is 7.54. The number of imide groups is 1. The number of likely N-dealkylation sites (tertiary alicyclic amines) is 1. The van der Waals surface area contributed by atoms with E-state index in [9.17, 15) is 14.4 Å². The van der Waals surface area contributed by atoms with Gasteiger partial charge in [0.15, 0.2) is 0 Å². The molecule has 3 rings (SSSR count). The molecule has 0 saturated carbocycles. The Hall–Kier alpha value is -1.82. The number of carbonyl (C=O) groups excluding carboxylic acids is 3. The molecule has 2 aliphatic heterocycles. The van der Waals surface area contributed by atoms with Gasteiger partial charge < -0.3 is 4.90 Å². The number of hydrogen-bond donors (Lipinski definition) is 0. The first-order valence-electron chi connectivity index (χ1n) is 8.24. The van der Waals surface area contributed by atoms with E-state index in [1.165, 1.54) is 4.90 Å². The normalized spacial score (nSPS) is 19.3. The van der Waals surface area contributed by atoms with Crippen LogP contribution in [0.15, 0.2) is 12.1 Å². The number of aryl methyl sites for hydroxylation is 3. The molecule has 0 bridgehead atoms. The molecule has 1 aromatic rings. The minimum absolute atomic E-state index is 0.0527. The first-order chi connectivity index (χ1) is 11.4. The number of nitrogens with zero attached hydrogens (tertiary/aromatic N) is 2. The number of benzene rings is 1. The van der Waals surface area contributed by atoms with Crippen molar-refractivity contribution in [2.45, 2.75) is 39.7 Å². The van der Waals surface area contributed by atoms with Crippen LogP contribution in [0.4, 0.5) is 4.79 Å².